The first-order valence-electron chi connectivity index (χ1n) is 8.26. The molecule has 0 amide bonds. The minimum absolute atomic E-state index is 0. The molecule has 0 radical (unpaired) electrons. The van der Waals surface area contributed by atoms with E-state index in [1.807, 2.05) is 37.0 Å². The van der Waals surface area contributed by atoms with E-state index in [1.54, 1.807) is 0 Å². The smallest absolute Gasteiger partial charge is 0.191 e. The van der Waals surface area contributed by atoms with Crippen LogP contribution in [-0.4, -0.2) is 37.1 Å². The molecular weight excluding hydrogens is 433 g/mol. The molecule has 1 aromatic heterocycles. The number of para-hydroxylation sites is 1. The van der Waals surface area contributed by atoms with Gasteiger partial charge in [0.2, 0.25) is 0 Å². The van der Waals surface area contributed by atoms with Gasteiger partial charge < -0.3 is 15.1 Å². The number of nitrogens with zero attached hydrogens (tertiary/aromatic N) is 1. The first-order chi connectivity index (χ1) is 11.3. The summed E-state index contributed by atoms with van der Waals surface area (Å²) < 4.78 is 5.84. The number of aliphatic imine (C=N–C) groups is 1. The Labute approximate surface area is 165 Å². The van der Waals surface area contributed by atoms with Crippen LogP contribution in [0.2, 0.25) is 0 Å². The van der Waals surface area contributed by atoms with E-state index in [-0.39, 0.29) is 24.0 Å². The van der Waals surface area contributed by atoms with Crippen LogP contribution in [0.15, 0.2) is 39.7 Å². The fraction of sp³-hybridized carbons (Fsp3) is 0.500. The average Bonchev–Trinajstić information content (AvgIpc) is 3.19. The molecule has 0 saturated heterocycles. The summed E-state index contributed by atoms with van der Waals surface area (Å²) >= 11 is 1.98. The molecular formula is C18H26IN3OS. The van der Waals surface area contributed by atoms with Crippen molar-refractivity contribution in [1.82, 2.24) is 10.6 Å². The predicted molar refractivity (Wildman–Crippen MR) is 115 cm³/mol. The topological polar surface area (TPSA) is 49.6 Å². The second-order valence-corrected chi connectivity index (χ2v) is 7.15. The summed E-state index contributed by atoms with van der Waals surface area (Å²) in [6.07, 6.45) is 6.82. The molecule has 2 atom stereocenters. The Morgan fingerprint density at radius 2 is 2.17 bits per heavy atom. The third kappa shape index (κ3) is 5.05. The van der Waals surface area contributed by atoms with Crippen LogP contribution < -0.4 is 10.6 Å². The lowest BCUT2D eigenvalue weighted by molar-refractivity contribution is 0.542. The van der Waals surface area contributed by atoms with Crippen LogP contribution in [0.4, 0.5) is 0 Å². The van der Waals surface area contributed by atoms with Crippen molar-refractivity contribution < 1.29 is 4.42 Å². The fourth-order valence-electron chi connectivity index (χ4n) is 3.14. The van der Waals surface area contributed by atoms with Crippen LogP contribution in [0.25, 0.3) is 11.0 Å². The zero-order valence-electron chi connectivity index (χ0n) is 14.2. The molecule has 2 N–H and O–H groups in total. The third-order valence-electron chi connectivity index (χ3n) is 4.42. The zero-order valence-corrected chi connectivity index (χ0v) is 17.4. The van der Waals surface area contributed by atoms with Crippen LogP contribution in [-0.2, 0) is 6.42 Å². The quantitative estimate of drug-likeness (QED) is 0.403. The second kappa shape index (κ2) is 9.56. The predicted octanol–water partition coefficient (Wildman–Crippen LogP) is 4.04. The van der Waals surface area contributed by atoms with Gasteiger partial charge in [-0.2, -0.15) is 11.8 Å². The van der Waals surface area contributed by atoms with E-state index < -0.39 is 0 Å². The Kier molecular flexibility index (Phi) is 7.74. The summed E-state index contributed by atoms with van der Waals surface area (Å²) in [6, 6.07) is 10.8. The van der Waals surface area contributed by atoms with Crippen LogP contribution in [0.5, 0.6) is 0 Å². The minimum Gasteiger partial charge on any atom is -0.461 e. The average molecular weight is 459 g/mol. The Hall–Kier alpha value is -0.890. The highest BCUT2D eigenvalue weighted by Gasteiger charge is 2.24. The lowest BCUT2D eigenvalue weighted by Gasteiger charge is -2.17. The maximum absolute atomic E-state index is 5.84. The summed E-state index contributed by atoms with van der Waals surface area (Å²) in [4.78, 5) is 4.33. The van der Waals surface area contributed by atoms with Gasteiger partial charge >= 0.3 is 0 Å². The van der Waals surface area contributed by atoms with Crippen molar-refractivity contribution in [3.8, 4) is 0 Å². The molecule has 0 bridgehead atoms. The second-order valence-electron chi connectivity index (χ2n) is 6.01. The molecule has 24 heavy (non-hydrogen) atoms. The summed E-state index contributed by atoms with van der Waals surface area (Å²) in [5, 5.41) is 8.89. The molecule has 1 aliphatic carbocycles. The first-order valence-corrected chi connectivity index (χ1v) is 9.54. The van der Waals surface area contributed by atoms with E-state index in [4.69, 9.17) is 4.42 Å². The van der Waals surface area contributed by atoms with Gasteiger partial charge in [-0.1, -0.05) is 18.2 Å². The Bertz CT molecular complexity index is 640. The van der Waals surface area contributed by atoms with Crippen molar-refractivity contribution in [3.63, 3.8) is 0 Å². The number of rotatable bonds is 5. The number of thioether (sulfide) groups is 1. The van der Waals surface area contributed by atoms with Gasteiger partial charge in [0.1, 0.15) is 11.3 Å². The van der Waals surface area contributed by atoms with Gasteiger partial charge in [-0.05, 0) is 37.7 Å². The van der Waals surface area contributed by atoms with E-state index in [1.165, 1.54) is 24.6 Å². The van der Waals surface area contributed by atoms with E-state index in [9.17, 15) is 0 Å². The number of furan rings is 1. The minimum atomic E-state index is 0. The lowest BCUT2D eigenvalue weighted by atomic mass is 10.2. The van der Waals surface area contributed by atoms with Crippen molar-refractivity contribution in [2.45, 2.75) is 37.0 Å². The van der Waals surface area contributed by atoms with E-state index in [2.05, 4.69) is 34.0 Å². The van der Waals surface area contributed by atoms with Crippen LogP contribution in [0.3, 0.4) is 0 Å². The highest BCUT2D eigenvalue weighted by Crippen LogP contribution is 2.28. The van der Waals surface area contributed by atoms with Crippen LogP contribution >= 0.6 is 35.7 Å². The van der Waals surface area contributed by atoms with E-state index in [0.29, 0.717) is 6.04 Å². The van der Waals surface area contributed by atoms with Gasteiger partial charge in [-0.15, -0.1) is 24.0 Å². The van der Waals surface area contributed by atoms with Gasteiger partial charge in [0.15, 0.2) is 5.96 Å². The molecule has 0 spiro atoms. The standard InChI is InChI=1S/C18H25N3OS.HI/c1-19-18(21-14-7-8-16(12-14)23-2)20-10-9-15-11-13-5-3-4-6-17(13)22-15;/h3-6,11,14,16H,7-10,12H2,1-2H3,(H2,19,20,21);1H. The number of fused-ring (bicyclic) bond motifs is 1. The molecule has 1 saturated carbocycles. The highest BCUT2D eigenvalue weighted by atomic mass is 127. The van der Waals surface area contributed by atoms with Crippen LogP contribution in [0, 0.1) is 0 Å². The largest absolute Gasteiger partial charge is 0.461 e. The van der Waals surface area contributed by atoms with Gasteiger partial charge in [0.25, 0.3) is 0 Å². The SMILES string of the molecule is CN=C(NCCc1cc2ccccc2o1)NC1CCC(SC)C1.I. The summed E-state index contributed by atoms with van der Waals surface area (Å²) in [7, 11) is 1.83. The number of halogens is 1. The Morgan fingerprint density at radius 1 is 1.33 bits per heavy atom. The van der Waals surface area contributed by atoms with Crippen molar-refractivity contribution >= 4 is 52.7 Å². The summed E-state index contributed by atoms with van der Waals surface area (Å²) in [5.74, 6) is 1.91. The first kappa shape index (κ1) is 19.4. The van der Waals surface area contributed by atoms with Crippen molar-refractivity contribution in [2.75, 3.05) is 19.8 Å². The third-order valence-corrected chi connectivity index (χ3v) is 5.52. The number of hydrogen-bond donors (Lipinski definition) is 2. The molecule has 2 aromatic rings. The van der Waals surface area contributed by atoms with Gasteiger partial charge in [-0.25, -0.2) is 0 Å². The highest BCUT2D eigenvalue weighted by molar-refractivity contribution is 14.0. The number of hydrogen-bond acceptors (Lipinski definition) is 3. The molecule has 1 aromatic carbocycles. The fourth-order valence-corrected chi connectivity index (χ4v) is 3.93. The monoisotopic (exact) mass is 459 g/mol. The van der Waals surface area contributed by atoms with Gasteiger partial charge in [0.05, 0.1) is 0 Å². The molecule has 0 aliphatic heterocycles. The molecule has 1 heterocycles. The number of nitrogens with one attached hydrogen (secondary N) is 2. The van der Waals surface area contributed by atoms with Gasteiger partial charge in [0, 0.05) is 36.7 Å². The maximum Gasteiger partial charge on any atom is 0.191 e. The number of benzene rings is 1. The van der Waals surface area contributed by atoms with Crippen molar-refractivity contribution in [1.29, 1.82) is 0 Å². The molecule has 1 aliphatic rings. The molecule has 1 fully saturated rings. The summed E-state index contributed by atoms with van der Waals surface area (Å²) in [5.41, 5.74) is 0.957. The normalized spacial score (nSPS) is 20.8. The maximum atomic E-state index is 5.84. The number of guanidine groups is 1. The Balaban J connectivity index is 0.00000208. The van der Waals surface area contributed by atoms with E-state index in [0.717, 1.165) is 35.5 Å². The molecule has 3 rings (SSSR count). The lowest BCUT2D eigenvalue weighted by Crippen LogP contribution is -2.43. The van der Waals surface area contributed by atoms with Gasteiger partial charge in [-0.3, -0.25) is 4.99 Å². The molecule has 132 valence electrons. The van der Waals surface area contributed by atoms with Crippen molar-refractivity contribution in [2.24, 2.45) is 4.99 Å². The summed E-state index contributed by atoms with van der Waals surface area (Å²) in [6.45, 7) is 0.818. The Morgan fingerprint density at radius 3 is 2.88 bits per heavy atom. The molecule has 6 heteroatoms. The van der Waals surface area contributed by atoms with Crippen molar-refractivity contribution in [3.05, 3.63) is 36.1 Å². The van der Waals surface area contributed by atoms with E-state index >= 15 is 0 Å². The molecule has 2 unspecified atom stereocenters. The van der Waals surface area contributed by atoms with Crippen LogP contribution in [0.1, 0.15) is 25.0 Å². The molecule has 4 nitrogen and oxygen atoms in total. The zero-order chi connectivity index (χ0) is 16.1.